The first-order valence-corrected chi connectivity index (χ1v) is 10.1. The lowest BCUT2D eigenvalue weighted by Crippen LogP contribution is -2.40. The molecule has 2 fully saturated rings. The molecular weight excluding hydrogens is 413 g/mol. The van der Waals surface area contributed by atoms with Gasteiger partial charge in [-0.15, -0.1) is 0 Å². The smallest absolute Gasteiger partial charge is 0.375 e. The second-order valence-corrected chi connectivity index (χ2v) is 8.07. The predicted molar refractivity (Wildman–Crippen MR) is 106 cm³/mol. The van der Waals surface area contributed by atoms with Gasteiger partial charge in [0.15, 0.2) is 0 Å². The Balaban J connectivity index is 1.70. The summed E-state index contributed by atoms with van der Waals surface area (Å²) in [6, 6.07) is 5.34. The number of ether oxygens (including phenoxy) is 1. The van der Waals surface area contributed by atoms with Gasteiger partial charge in [0.25, 0.3) is 0 Å². The van der Waals surface area contributed by atoms with Gasteiger partial charge in [0.1, 0.15) is 6.61 Å². The summed E-state index contributed by atoms with van der Waals surface area (Å²) >= 11 is 0. The molecule has 3 rings (SSSR count). The molecule has 2 N–H and O–H groups in total. The van der Waals surface area contributed by atoms with Gasteiger partial charge in [-0.1, -0.05) is 0 Å². The Morgan fingerprint density at radius 1 is 1.26 bits per heavy atom. The predicted octanol–water partition coefficient (Wildman–Crippen LogP) is 2.00. The largest absolute Gasteiger partial charge is 0.417 e. The molecule has 1 aromatic rings. The Bertz CT molecular complexity index is 876. The van der Waals surface area contributed by atoms with Crippen molar-refractivity contribution in [1.82, 2.24) is 4.90 Å². The van der Waals surface area contributed by atoms with Gasteiger partial charge in [-0.2, -0.15) is 18.4 Å². The van der Waals surface area contributed by atoms with E-state index in [2.05, 4.69) is 0 Å². The van der Waals surface area contributed by atoms with Crippen molar-refractivity contribution in [3.8, 4) is 6.07 Å². The number of hydrogen-bond acceptors (Lipinski definition) is 5. The number of piperidine rings is 1. The number of nitrogens with zero attached hydrogens (tertiary/aromatic N) is 3. The molecule has 31 heavy (non-hydrogen) atoms. The van der Waals surface area contributed by atoms with E-state index in [0.717, 1.165) is 6.07 Å². The lowest BCUT2D eigenvalue weighted by atomic mass is 9.78. The second-order valence-electron chi connectivity index (χ2n) is 8.07. The Morgan fingerprint density at radius 3 is 2.48 bits per heavy atom. The molecule has 0 aromatic heterocycles. The van der Waals surface area contributed by atoms with Crippen molar-refractivity contribution in [1.29, 1.82) is 5.26 Å². The molecule has 2 aliphatic heterocycles. The van der Waals surface area contributed by atoms with Crippen molar-refractivity contribution in [3.05, 3.63) is 29.3 Å². The zero-order chi connectivity index (χ0) is 22.8. The van der Waals surface area contributed by atoms with Crippen LogP contribution in [0, 0.1) is 29.1 Å². The number of anilines is 1. The van der Waals surface area contributed by atoms with Crippen LogP contribution in [-0.2, 0) is 20.5 Å². The van der Waals surface area contributed by atoms with E-state index in [0.29, 0.717) is 38.2 Å². The minimum atomic E-state index is -4.60. The van der Waals surface area contributed by atoms with Crippen LogP contribution in [-0.4, -0.2) is 56.6 Å². The molecule has 2 heterocycles. The first kappa shape index (κ1) is 22.9. The summed E-state index contributed by atoms with van der Waals surface area (Å²) in [5, 5.41) is 8.97. The molecule has 0 spiro atoms. The zero-order valence-corrected chi connectivity index (χ0v) is 17.2. The number of amides is 2. The monoisotopic (exact) mass is 438 g/mol. The number of benzene rings is 1. The van der Waals surface area contributed by atoms with E-state index in [1.54, 1.807) is 11.0 Å². The van der Waals surface area contributed by atoms with Crippen LogP contribution in [0.5, 0.6) is 0 Å². The maximum atomic E-state index is 13.3. The van der Waals surface area contributed by atoms with E-state index >= 15 is 0 Å². The molecule has 2 amide bonds. The topological polar surface area (TPSA) is 99.7 Å². The van der Waals surface area contributed by atoms with Gasteiger partial charge in [-0.05, 0) is 42.9 Å². The van der Waals surface area contributed by atoms with Gasteiger partial charge >= 0.3 is 6.18 Å². The summed E-state index contributed by atoms with van der Waals surface area (Å²) in [5.74, 6) is -1.01. The number of carbonyl (C=O) groups excluding carboxylic acids is 2. The normalized spacial score (nSPS) is 22.4. The van der Waals surface area contributed by atoms with Crippen molar-refractivity contribution < 1.29 is 27.5 Å². The SMILES string of the molecule is COCC(=O)N1C[C@@H](C(N)=O)[C@H](C2CCN(c3ccc(C#N)c(C(F)(F)F)c3)CC2)C1. The van der Waals surface area contributed by atoms with Crippen molar-refractivity contribution in [2.75, 3.05) is 44.8 Å². The second kappa shape index (κ2) is 9.14. The Morgan fingerprint density at radius 2 is 1.94 bits per heavy atom. The van der Waals surface area contributed by atoms with Gasteiger partial charge in [0, 0.05) is 39.0 Å². The highest BCUT2D eigenvalue weighted by Gasteiger charge is 2.43. The molecule has 10 heteroatoms. The number of hydrogen-bond donors (Lipinski definition) is 1. The van der Waals surface area contributed by atoms with E-state index in [1.807, 2.05) is 4.90 Å². The van der Waals surface area contributed by atoms with E-state index in [1.165, 1.54) is 19.2 Å². The van der Waals surface area contributed by atoms with Crippen molar-refractivity contribution in [2.45, 2.75) is 19.0 Å². The molecule has 0 radical (unpaired) electrons. The molecule has 0 unspecified atom stereocenters. The maximum Gasteiger partial charge on any atom is 0.417 e. The third-order valence-corrected chi connectivity index (χ3v) is 6.29. The molecule has 7 nitrogen and oxygen atoms in total. The van der Waals surface area contributed by atoms with Crippen LogP contribution >= 0.6 is 0 Å². The number of nitrogens with two attached hydrogens (primary N) is 1. The summed E-state index contributed by atoms with van der Waals surface area (Å²) in [6.07, 6.45) is -3.26. The fraction of sp³-hybridized carbons (Fsp3) is 0.571. The molecule has 2 atom stereocenters. The third kappa shape index (κ3) is 4.93. The minimum absolute atomic E-state index is 0.0587. The van der Waals surface area contributed by atoms with Gasteiger partial charge in [-0.3, -0.25) is 9.59 Å². The van der Waals surface area contributed by atoms with Gasteiger partial charge < -0.3 is 20.3 Å². The number of primary amides is 1. The molecule has 1 aromatic carbocycles. The maximum absolute atomic E-state index is 13.3. The molecule has 2 saturated heterocycles. The molecular formula is C21H25F3N4O3. The lowest BCUT2D eigenvalue weighted by Gasteiger charge is -2.37. The first-order chi connectivity index (χ1) is 14.7. The number of rotatable bonds is 5. The number of halogens is 3. The van der Waals surface area contributed by atoms with Crippen molar-refractivity contribution >= 4 is 17.5 Å². The molecule has 168 valence electrons. The van der Waals surface area contributed by atoms with Crippen LogP contribution < -0.4 is 10.6 Å². The van der Waals surface area contributed by atoms with Crippen molar-refractivity contribution in [3.63, 3.8) is 0 Å². The Labute approximate surface area is 178 Å². The van der Waals surface area contributed by atoms with E-state index in [4.69, 9.17) is 15.7 Å². The Kier molecular flexibility index (Phi) is 6.74. The summed E-state index contributed by atoms with van der Waals surface area (Å²) in [6.45, 7) is 1.67. The Hall–Kier alpha value is -2.80. The highest BCUT2D eigenvalue weighted by molar-refractivity contribution is 5.82. The molecule has 2 aliphatic rings. The number of nitriles is 1. The fourth-order valence-electron chi connectivity index (χ4n) is 4.67. The molecule has 0 bridgehead atoms. The summed E-state index contributed by atoms with van der Waals surface area (Å²) < 4.78 is 44.7. The first-order valence-electron chi connectivity index (χ1n) is 10.1. The van der Waals surface area contributed by atoms with Crippen LogP contribution in [0.4, 0.5) is 18.9 Å². The van der Waals surface area contributed by atoms with Crippen LogP contribution in [0.3, 0.4) is 0 Å². The highest BCUT2D eigenvalue weighted by Crippen LogP contribution is 2.38. The highest BCUT2D eigenvalue weighted by atomic mass is 19.4. The quantitative estimate of drug-likeness (QED) is 0.758. The van der Waals surface area contributed by atoms with Gasteiger partial charge in [0.05, 0.1) is 23.1 Å². The number of likely N-dealkylation sites (tertiary alicyclic amines) is 1. The fourth-order valence-corrected chi connectivity index (χ4v) is 4.67. The standard InChI is InChI=1S/C21H25F3N4O3/c1-31-12-19(29)28-10-16(17(11-28)20(26)30)13-4-6-27(7-5-13)15-3-2-14(9-25)18(8-15)21(22,23)24/h2-3,8,13,16-17H,4-7,10-12H2,1H3,(H2,26,30)/t16-,17+/m0/s1. The van der Waals surface area contributed by atoms with E-state index < -0.39 is 29.1 Å². The van der Waals surface area contributed by atoms with Crippen LogP contribution in [0.25, 0.3) is 0 Å². The third-order valence-electron chi connectivity index (χ3n) is 6.29. The summed E-state index contributed by atoms with van der Waals surface area (Å²) in [4.78, 5) is 27.6. The summed E-state index contributed by atoms with van der Waals surface area (Å²) in [7, 11) is 1.43. The van der Waals surface area contributed by atoms with Gasteiger partial charge in [0.2, 0.25) is 11.8 Å². The van der Waals surface area contributed by atoms with Crippen molar-refractivity contribution in [2.24, 2.45) is 23.5 Å². The number of carbonyl (C=O) groups is 2. The van der Waals surface area contributed by atoms with E-state index in [9.17, 15) is 22.8 Å². The zero-order valence-electron chi connectivity index (χ0n) is 17.2. The van der Waals surface area contributed by atoms with Crippen LogP contribution in [0.1, 0.15) is 24.0 Å². The summed E-state index contributed by atoms with van der Waals surface area (Å²) in [5.41, 5.74) is 4.66. The van der Waals surface area contributed by atoms with Crippen LogP contribution in [0.2, 0.25) is 0 Å². The average molecular weight is 438 g/mol. The van der Waals surface area contributed by atoms with Crippen LogP contribution in [0.15, 0.2) is 18.2 Å². The minimum Gasteiger partial charge on any atom is -0.375 e. The molecule has 0 aliphatic carbocycles. The average Bonchev–Trinajstić information content (AvgIpc) is 3.19. The van der Waals surface area contributed by atoms with Gasteiger partial charge in [-0.25, -0.2) is 0 Å². The molecule has 0 saturated carbocycles. The van der Waals surface area contributed by atoms with E-state index in [-0.39, 0.29) is 30.9 Å². The lowest BCUT2D eigenvalue weighted by molar-refractivity contribution is -0.138. The number of methoxy groups -OCH3 is 1. The number of alkyl halides is 3.